The number of nitrogens with one attached hydrogen (secondary N) is 1. The van der Waals surface area contributed by atoms with Crippen LogP contribution in [0.5, 0.6) is 0 Å². The van der Waals surface area contributed by atoms with E-state index >= 15 is 0 Å². The van der Waals surface area contributed by atoms with E-state index in [1.165, 1.54) is 0 Å². The first kappa shape index (κ1) is 15.3. The van der Waals surface area contributed by atoms with Gasteiger partial charge in [-0.25, -0.2) is 4.79 Å². The number of benzene rings is 1. The molecule has 0 bridgehead atoms. The summed E-state index contributed by atoms with van der Waals surface area (Å²) in [6, 6.07) is 11.8. The van der Waals surface area contributed by atoms with Gasteiger partial charge in [0.25, 0.3) is 5.91 Å². The number of nitrogens with zero attached hydrogens (tertiary/aromatic N) is 1. The van der Waals surface area contributed by atoms with Gasteiger partial charge in [0.2, 0.25) is 0 Å². The molecule has 0 spiro atoms. The largest absolute Gasteiger partial charge is 0.463 e. The van der Waals surface area contributed by atoms with Crippen molar-refractivity contribution in [1.29, 1.82) is 0 Å². The highest BCUT2D eigenvalue weighted by atomic mass is 16.3. The molecule has 0 radical (unpaired) electrons. The summed E-state index contributed by atoms with van der Waals surface area (Å²) in [5.41, 5.74) is -0.600. The molecule has 1 fully saturated rings. The Morgan fingerprint density at radius 2 is 1.91 bits per heavy atom. The van der Waals surface area contributed by atoms with Gasteiger partial charge in [0.1, 0.15) is 11.5 Å². The first-order valence-electron chi connectivity index (χ1n) is 7.36. The number of β-amino-alcohol motifs (C(OH)–C–C–N with tert-alkyl or cyclic N) is 1. The summed E-state index contributed by atoms with van der Waals surface area (Å²) in [6.07, 6.45) is -0.938. The molecule has 2 unspecified atom stereocenters. The Morgan fingerprint density at radius 3 is 2.52 bits per heavy atom. The van der Waals surface area contributed by atoms with Crippen LogP contribution in [0.3, 0.4) is 0 Å². The number of carbonyl (C=O) groups excluding carboxylic acids is 2. The maximum absolute atomic E-state index is 12.7. The fourth-order valence-electron chi connectivity index (χ4n) is 2.69. The Kier molecular flexibility index (Phi) is 3.69. The van der Waals surface area contributed by atoms with Crippen LogP contribution in [-0.2, 0) is 10.3 Å². The Morgan fingerprint density at radius 1 is 1.22 bits per heavy atom. The highest BCUT2D eigenvalue weighted by Crippen LogP contribution is 2.31. The van der Waals surface area contributed by atoms with Crippen LogP contribution in [0.15, 0.2) is 46.9 Å². The van der Waals surface area contributed by atoms with E-state index in [2.05, 4.69) is 5.32 Å². The first-order valence-corrected chi connectivity index (χ1v) is 7.36. The van der Waals surface area contributed by atoms with Crippen molar-refractivity contribution in [2.45, 2.75) is 25.5 Å². The molecule has 23 heavy (non-hydrogen) atoms. The van der Waals surface area contributed by atoms with E-state index < -0.39 is 23.6 Å². The predicted octanol–water partition coefficient (Wildman–Crippen LogP) is 2.09. The topological polar surface area (TPSA) is 82.8 Å². The summed E-state index contributed by atoms with van der Waals surface area (Å²) < 4.78 is 5.50. The van der Waals surface area contributed by atoms with Crippen molar-refractivity contribution in [3.63, 3.8) is 0 Å². The third-order valence-corrected chi connectivity index (χ3v) is 4.05. The zero-order chi connectivity index (χ0) is 16.6. The van der Waals surface area contributed by atoms with Gasteiger partial charge in [-0.1, -0.05) is 30.3 Å². The number of furan rings is 1. The standard InChI is InChI=1S/C17H18N2O4/c1-11-8-9-14(23-11)17(2)15(21)19(16(22)18-17)10-13(20)12-6-4-3-5-7-12/h3-9,13,20H,10H2,1-2H3,(H,18,22). The molecule has 6 nitrogen and oxygen atoms in total. The highest BCUT2D eigenvalue weighted by Gasteiger charge is 2.51. The second kappa shape index (κ2) is 5.55. The number of amides is 3. The van der Waals surface area contributed by atoms with Gasteiger partial charge in [0.15, 0.2) is 5.54 Å². The number of aryl methyl sites for hydroxylation is 1. The van der Waals surface area contributed by atoms with Crippen molar-refractivity contribution in [2.24, 2.45) is 0 Å². The molecule has 1 saturated heterocycles. The van der Waals surface area contributed by atoms with Gasteiger partial charge in [-0.2, -0.15) is 0 Å². The van der Waals surface area contributed by atoms with Gasteiger partial charge in [-0.3, -0.25) is 9.69 Å². The van der Waals surface area contributed by atoms with Crippen LogP contribution in [0.25, 0.3) is 0 Å². The van der Waals surface area contributed by atoms with Gasteiger partial charge < -0.3 is 14.8 Å². The molecule has 2 N–H and O–H groups in total. The number of carbonyl (C=O) groups is 2. The van der Waals surface area contributed by atoms with E-state index in [0.717, 1.165) is 4.90 Å². The van der Waals surface area contributed by atoms with Crippen LogP contribution in [0.4, 0.5) is 4.79 Å². The Labute approximate surface area is 133 Å². The average Bonchev–Trinajstić information content (AvgIpc) is 3.07. The van der Waals surface area contributed by atoms with Crippen molar-refractivity contribution in [2.75, 3.05) is 6.54 Å². The molecule has 2 atom stereocenters. The van der Waals surface area contributed by atoms with Crippen LogP contribution in [0.1, 0.15) is 30.1 Å². The van der Waals surface area contributed by atoms with E-state index in [-0.39, 0.29) is 6.54 Å². The molecular formula is C17H18N2O4. The summed E-state index contributed by atoms with van der Waals surface area (Å²) in [5.74, 6) is 0.600. The second-order valence-corrected chi connectivity index (χ2v) is 5.81. The Balaban J connectivity index is 1.82. The van der Waals surface area contributed by atoms with E-state index in [1.54, 1.807) is 50.2 Å². The lowest BCUT2D eigenvalue weighted by Crippen LogP contribution is -2.41. The summed E-state index contributed by atoms with van der Waals surface area (Å²) in [4.78, 5) is 25.9. The van der Waals surface area contributed by atoms with Crippen molar-refractivity contribution < 1.29 is 19.1 Å². The number of hydrogen-bond acceptors (Lipinski definition) is 4. The van der Waals surface area contributed by atoms with E-state index in [1.807, 2.05) is 6.07 Å². The van der Waals surface area contributed by atoms with Crippen LogP contribution >= 0.6 is 0 Å². The summed E-state index contributed by atoms with van der Waals surface area (Å²) >= 11 is 0. The third kappa shape index (κ3) is 2.61. The molecule has 120 valence electrons. The van der Waals surface area contributed by atoms with Gasteiger partial charge in [-0.15, -0.1) is 0 Å². The summed E-state index contributed by atoms with van der Waals surface area (Å²) in [6.45, 7) is 3.26. The van der Waals surface area contributed by atoms with Crippen molar-refractivity contribution in [1.82, 2.24) is 10.2 Å². The normalized spacial score (nSPS) is 22.3. The summed E-state index contributed by atoms with van der Waals surface area (Å²) in [5, 5.41) is 12.9. The molecule has 3 amide bonds. The fraction of sp³-hybridized carbons (Fsp3) is 0.294. The molecule has 1 aliphatic rings. The molecule has 1 aliphatic heterocycles. The van der Waals surface area contributed by atoms with Crippen LogP contribution in [0, 0.1) is 6.92 Å². The molecule has 1 aromatic carbocycles. The molecule has 0 saturated carbocycles. The van der Waals surface area contributed by atoms with Crippen molar-refractivity contribution in [3.05, 3.63) is 59.5 Å². The minimum Gasteiger partial charge on any atom is -0.463 e. The SMILES string of the molecule is Cc1ccc(C2(C)NC(=O)N(CC(O)c3ccccc3)C2=O)o1. The lowest BCUT2D eigenvalue weighted by molar-refractivity contribution is -0.132. The molecule has 2 aromatic rings. The third-order valence-electron chi connectivity index (χ3n) is 4.05. The van der Waals surface area contributed by atoms with E-state index in [0.29, 0.717) is 17.1 Å². The quantitative estimate of drug-likeness (QED) is 0.847. The van der Waals surface area contributed by atoms with Gasteiger partial charge >= 0.3 is 6.03 Å². The van der Waals surface area contributed by atoms with E-state index in [4.69, 9.17) is 4.42 Å². The molecule has 6 heteroatoms. The summed E-state index contributed by atoms with van der Waals surface area (Å²) in [7, 11) is 0. The lowest BCUT2D eigenvalue weighted by Gasteiger charge is -2.21. The number of imide groups is 1. The highest BCUT2D eigenvalue weighted by molar-refractivity contribution is 6.06. The molecule has 0 aliphatic carbocycles. The molecule has 3 rings (SSSR count). The fourth-order valence-corrected chi connectivity index (χ4v) is 2.69. The van der Waals surface area contributed by atoms with Crippen molar-refractivity contribution in [3.8, 4) is 0 Å². The monoisotopic (exact) mass is 314 g/mol. The van der Waals surface area contributed by atoms with E-state index in [9.17, 15) is 14.7 Å². The lowest BCUT2D eigenvalue weighted by atomic mass is 9.99. The van der Waals surface area contributed by atoms with Gasteiger partial charge in [0, 0.05) is 0 Å². The molecule has 1 aromatic heterocycles. The van der Waals surface area contributed by atoms with Crippen LogP contribution in [0.2, 0.25) is 0 Å². The van der Waals surface area contributed by atoms with Crippen molar-refractivity contribution >= 4 is 11.9 Å². The predicted molar refractivity (Wildman–Crippen MR) is 82.4 cm³/mol. The number of urea groups is 1. The Hall–Kier alpha value is -2.60. The first-order chi connectivity index (χ1) is 10.9. The molecule has 2 heterocycles. The second-order valence-electron chi connectivity index (χ2n) is 5.81. The maximum Gasteiger partial charge on any atom is 0.325 e. The molecular weight excluding hydrogens is 296 g/mol. The number of hydrogen-bond donors (Lipinski definition) is 2. The minimum absolute atomic E-state index is 0.107. The maximum atomic E-state index is 12.7. The number of aliphatic hydroxyl groups excluding tert-OH is 1. The zero-order valence-electron chi connectivity index (χ0n) is 12.9. The smallest absolute Gasteiger partial charge is 0.325 e. The number of aliphatic hydroxyl groups is 1. The van der Waals surface area contributed by atoms with Gasteiger partial charge in [-0.05, 0) is 31.5 Å². The average molecular weight is 314 g/mol. The van der Waals surface area contributed by atoms with Crippen LogP contribution in [-0.4, -0.2) is 28.5 Å². The zero-order valence-corrected chi connectivity index (χ0v) is 12.9. The Bertz CT molecular complexity index is 740. The van der Waals surface area contributed by atoms with Gasteiger partial charge in [0.05, 0.1) is 12.6 Å². The van der Waals surface area contributed by atoms with Crippen LogP contribution < -0.4 is 5.32 Å². The minimum atomic E-state index is -1.25. The number of rotatable bonds is 4.